The molecule has 0 bridgehead atoms. The third kappa shape index (κ3) is 2.90. The fourth-order valence-electron chi connectivity index (χ4n) is 0.962. The molecule has 15 heavy (non-hydrogen) atoms. The van der Waals surface area contributed by atoms with E-state index in [9.17, 15) is 4.79 Å². The van der Waals surface area contributed by atoms with E-state index in [1.165, 1.54) is 6.07 Å². The van der Waals surface area contributed by atoms with E-state index in [1.807, 2.05) is 0 Å². The van der Waals surface area contributed by atoms with Crippen molar-refractivity contribution >= 4 is 33.5 Å². The van der Waals surface area contributed by atoms with Gasteiger partial charge in [0, 0.05) is 4.47 Å². The lowest BCUT2D eigenvalue weighted by Crippen LogP contribution is -2.09. The highest BCUT2D eigenvalue weighted by atomic mass is 79.9. The van der Waals surface area contributed by atoms with Crippen LogP contribution in [0.15, 0.2) is 10.5 Å². The third-order valence-corrected chi connectivity index (χ3v) is 2.89. The van der Waals surface area contributed by atoms with Crippen molar-refractivity contribution in [2.45, 2.75) is 13.5 Å². The summed E-state index contributed by atoms with van der Waals surface area (Å²) in [5.74, 6) is -0.537. The molecule has 82 valence electrons. The molecule has 0 aliphatic carbocycles. The number of rotatable bonds is 3. The predicted octanol–water partition coefficient (Wildman–Crippen LogP) is 2.17. The Bertz CT molecular complexity index is 384. The van der Waals surface area contributed by atoms with Gasteiger partial charge >= 0.3 is 5.97 Å². The average molecular weight is 295 g/mol. The van der Waals surface area contributed by atoms with Crippen LogP contribution in [0.4, 0.5) is 0 Å². The van der Waals surface area contributed by atoms with Crippen molar-refractivity contribution in [1.82, 2.24) is 4.98 Å². The maximum atomic E-state index is 11.3. The summed E-state index contributed by atoms with van der Waals surface area (Å²) < 4.78 is 5.28. The first-order chi connectivity index (χ1) is 7.10. The number of aliphatic hydroxyl groups is 1. The lowest BCUT2D eigenvalue weighted by atomic mass is 10.3. The standard InChI is InChI=1S/C9H9BrClNO3/c1-2-15-9(14)6-3-5(10)8(11)7(4-13)12-6/h3,13H,2,4H2,1H3. The van der Waals surface area contributed by atoms with Crippen molar-refractivity contribution < 1.29 is 14.6 Å². The highest BCUT2D eigenvalue weighted by Gasteiger charge is 2.14. The summed E-state index contributed by atoms with van der Waals surface area (Å²) in [6.45, 7) is 1.65. The van der Waals surface area contributed by atoms with Crippen LogP contribution in [-0.2, 0) is 11.3 Å². The second kappa shape index (κ2) is 5.44. The average Bonchev–Trinajstić information content (AvgIpc) is 2.22. The first-order valence-corrected chi connectivity index (χ1v) is 5.40. The second-order valence-electron chi connectivity index (χ2n) is 2.63. The van der Waals surface area contributed by atoms with E-state index in [1.54, 1.807) is 6.92 Å². The molecule has 0 saturated heterocycles. The highest BCUT2D eigenvalue weighted by molar-refractivity contribution is 9.10. The van der Waals surface area contributed by atoms with Crippen molar-refractivity contribution in [2.75, 3.05) is 6.61 Å². The van der Waals surface area contributed by atoms with Crippen LogP contribution in [0.1, 0.15) is 23.1 Å². The van der Waals surface area contributed by atoms with Crippen molar-refractivity contribution in [3.05, 3.63) is 26.9 Å². The highest BCUT2D eigenvalue weighted by Crippen LogP contribution is 2.26. The number of pyridine rings is 1. The Balaban J connectivity index is 3.10. The summed E-state index contributed by atoms with van der Waals surface area (Å²) in [6, 6.07) is 1.46. The number of aliphatic hydroxyl groups excluding tert-OH is 1. The number of halogens is 2. The van der Waals surface area contributed by atoms with Gasteiger partial charge in [-0.1, -0.05) is 11.6 Å². The number of esters is 1. The number of carbonyl (C=O) groups is 1. The van der Waals surface area contributed by atoms with Gasteiger partial charge in [-0.2, -0.15) is 0 Å². The molecular weight excluding hydrogens is 285 g/mol. The Labute approximate surface area is 100 Å². The maximum absolute atomic E-state index is 11.3. The monoisotopic (exact) mass is 293 g/mol. The van der Waals surface area contributed by atoms with Gasteiger partial charge in [0.1, 0.15) is 5.69 Å². The van der Waals surface area contributed by atoms with E-state index in [4.69, 9.17) is 21.4 Å². The third-order valence-electron chi connectivity index (χ3n) is 1.62. The lowest BCUT2D eigenvalue weighted by molar-refractivity contribution is 0.0519. The molecule has 0 unspecified atom stereocenters. The fraction of sp³-hybridized carbons (Fsp3) is 0.333. The molecule has 0 amide bonds. The summed E-state index contributed by atoms with van der Waals surface area (Å²) in [4.78, 5) is 15.2. The Morgan fingerprint density at radius 2 is 2.40 bits per heavy atom. The Morgan fingerprint density at radius 3 is 2.93 bits per heavy atom. The Kier molecular flexibility index (Phi) is 4.50. The van der Waals surface area contributed by atoms with Crippen LogP contribution in [0.5, 0.6) is 0 Å². The smallest absolute Gasteiger partial charge is 0.356 e. The number of hydrogen-bond donors (Lipinski definition) is 1. The van der Waals surface area contributed by atoms with Crippen LogP contribution >= 0.6 is 27.5 Å². The zero-order valence-corrected chi connectivity index (χ0v) is 10.3. The van der Waals surface area contributed by atoms with Crippen LogP contribution in [-0.4, -0.2) is 22.7 Å². The molecule has 4 nitrogen and oxygen atoms in total. The van der Waals surface area contributed by atoms with Gasteiger partial charge in [-0.15, -0.1) is 0 Å². The molecule has 6 heteroatoms. The topological polar surface area (TPSA) is 59.4 Å². The van der Waals surface area contributed by atoms with E-state index in [2.05, 4.69) is 20.9 Å². The summed E-state index contributed by atoms with van der Waals surface area (Å²) in [7, 11) is 0. The normalized spacial score (nSPS) is 10.1. The SMILES string of the molecule is CCOC(=O)c1cc(Br)c(Cl)c(CO)n1. The molecule has 1 heterocycles. The van der Waals surface area contributed by atoms with Gasteiger partial charge in [-0.05, 0) is 28.9 Å². The number of ether oxygens (including phenoxy) is 1. The van der Waals surface area contributed by atoms with Crippen molar-refractivity contribution in [1.29, 1.82) is 0 Å². The molecule has 0 atom stereocenters. The van der Waals surface area contributed by atoms with E-state index in [0.717, 1.165) is 0 Å². The van der Waals surface area contributed by atoms with Gasteiger partial charge in [0.2, 0.25) is 0 Å². The van der Waals surface area contributed by atoms with Gasteiger partial charge in [0.25, 0.3) is 0 Å². The van der Waals surface area contributed by atoms with Crippen molar-refractivity contribution in [3.63, 3.8) is 0 Å². The van der Waals surface area contributed by atoms with Crippen LogP contribution in [0.2, 0.25) is 5.02 Å². The molecule has 1 rings (SSSR count). The fourth-order valence-corrected chi connectivity index (χ4v) is 1.56. The quantitative estimate of drug-likeness (QED) is 0.868. The second-order valence-corrected chi connectivity index (χ2v) is 3.86. The summed E-state index contributed by atoms with van der Waals surface area (Å²) in [5, 5.41) is 9.26. The minimum absolute atomic E-state index is 0.122. The van der Waals surface area contributed by atoms with Crippen LogP contribution < -0.4 is 0 Å². The van der Waals surface area contributed by atoms with Crippen LogP contribution in [0, 0.1) is 0 Å². The van der Waals surface area contributed by atoms with E-state index < -0.39 is 5.97 Å². The number of carbonyl (C=O) groups excluding carboxylic acids is 1. The minimum atomic E-state index is -0.537. The van der Waals surface area contributed by atoms with Gasteiger partial charge in [0.15, 0.2) is 0 Å². The summed E-state index contributed by atoms with van der Waals surface area (Å²) in [5.41, 5.74) is 0.367. The number of aromatic nitrogens is 1. The minimum Gasteiger partial charge on any atom is -0.461 e. The molecule has 0 spiro atoms. The number of nitrogens with zero attached hydrogens (tertiary/aromatic N) is 1. The van der Waals surface area contributed by atoms with E-state index in [-0.39, 0.29) is 24.6 Å². The Hall–Kier alpha value is -0.650. The molecule has 0 radical (unpaired) electrons. The van der Waals surface area contributed by atoms with Crippen molar-refractivity contribution in [2.24, 2.45) is 0 Å². The van der Waals surface area contributed by atoms with Gasteiger partial charge in [-0.25, -0.2) is 9.78 Å². The first kappa shape index (κ1) is 12.4. The molecule has 1 N–H and O–H groups in total. The largest absolute Gasteiger partial charge is 0.461 e. The summed E-state index contributed by atoms with van der Waals surface area (Å²) in [6.07, 6.45) is 0. The van der Waals surface area contributed by atoms with Crippen LogP contribution in [0.3, 0.4) is 0 Å². The number of hydrogen-bond acceptors (Lipinski definition) is 4. The van der Waals surface area contributed by atoms with Crippen LogP contribution in [0.25, 0.3) is 0 Å². The van der Waals surface area contributed by atoms with Gasteiger partial charge < -0.3 is 9.84 Å². The van der Waals surface area contributed by atoms with Crippen molar-refractivity contribution in [3.8, 4) is 0 Å². The lowest BCUT2D eigenvalue weighted by Gasteiger charge is -2.06. The molecule has 1 aromatic heterocycles. The zero-order valence-electron chi connectivity index (χ0n) is 7.96. The first-order valence-electron chi connectivity index (χ1n) is 4.23. The maximum Gasteiger partial charge on any atom is 0.356 e. The summed E-state index contributed by atoms with van der Waals surface area (Å²) >= 11 is 8.99. The van der Waals surface area contributed by atoms with Gasteiger partial charge in [-0.3, -0.25) is 0 Å². The van der Waals surface area contributed by atoms with Gasteiger partial charge in [0.05, 0.1) is 23.9 Å². The molecule has 0 aliphatic heterocycles. The predicted molar refractivity (Wildman–Crippen MR) is 58.8 cm³/mol. The molecule has 0 saturated carbocycles. The molecule has 0 fully saturated rings. The molecule has 0 aliphatic rings. The van der Waals surface area contributed by atoms with E-state index >= 15 is 0 Å². The Morgan fingerprint density at radius 1 is 1.73 bits per heavy atom. The molecule has 0 aromatic carbocycles. The van der Waals surface area contributed by atoms with E-state index in [0.29, 0.717) is 9.50 Å². The molecular formula is C9H9BrClNO3. The molecule has 1 aromatic rings. The zero-order chi connectivity index (χ0) is 11.4.